The molecule has 0 spiro atoms. The first-order valence-electron chi connectivity index (χ1n) is 10.5. The molecule has 0 radical (unpaired) electrons. The molecule has 3 N–H and O–H groups in total. The summed E-state index contributed by atoms with van der Waals surface area (Å²) in [5.41, 5.74) is 2.01. The number of hydrogen-bond donors (Lipinski definition) is 3. The molecule has 0 saturated heterocycles. The Hall–Kier alpha value is -3.29. The Kier molecular flexibility index (Phi) is 9.61. The maximum Gasteiger partial charge on any atom is 0.262 e. The summed E-state index contributed by atoms with van der Waals surface area (Å²) in [6.07, 6.45) is 7.31. The van der Waals surface area contributed by atoms with Gasteiger partial charge in [-0.15, -0.1) is 0 Å². The van der Waals surface area contributed by atoms with Gasteiger partial charge < -0.3 is 25.6 Å². The number of nitrogens with one attached hydrogen (secondary N) is 3. The minimum Gasteiger partial charge on any atom is -0.482 e. The van der Waals surface area contributed by atoms with Gasteiger partial charge in [-0.3, -0.25) is 9.59 Å². The molecule has 2 amide bonds. The van der Waals surface area contributed by atoms with Gasteiger partial charge in [0.15, 0.2) is 6.61 Å². The van der Waals surface area contributed by atoms with Crippen LogP contribution < -0.4 is 20.7 Å². The number of hydrogen-bond acceptors (Lipinski definition) is 5. The summed E-state index contributed by atoms with van der Waals surface area (Å²) in [5, 5.41) is 9.01. The molecule has 0 bridgehead atoms. The highest BCUT2D eigenvalue weighted by molar-refractivity contribution is 5.95. The van der Waals surface area contributed by atoms with Gasteiger partial charge in [0.25, 0.3) is 5.91 Å². The van der Waals surface area contributed by atoms with E-state index in [1.807, 2.05) is 26.0 Å². The van der Waals surface area contributed by atoms with Crippen LogP contribution >= 0.6 is 0 Å². The standard InChI is InChI=1S/C23H31FN4O3/c1-4-7-8-18(13-17(24)5-2)25-11-12-28(6-3)23(30)15-26-19-9-10-20-21(14-19)31-16-22(29)27-20/h4,7-10,13-14,25-26H,5-6,11-12,15-16H2,1-3H3,(H,27,29)/b7-4+,17-13+,18-8+. The van der Waals surface area contributed by atoms with Crippen LogP contribution in [-0.4, -0.2) is 49.5 Å². The van der Waals surface area contributed by atoms with Crippen molar-refractivity contribution in [3.63, 3.8) is 0 Å². The molecule has 168 valence electrons. The third-order valence-electron chi connectivity index (χ3n) is 4.62. The number of allylic oxidation sites excluding steroid dienone is 5. The zero-order valence-electron chi connectivity index (χ0n) is 18.3. The van der Waals surface area contributed by atoms with Crippen LogP contribution in [0.1, 0.15) is 27.2 Å². The van der Waals surface area contributed by atoms with Crippen LogP contribution in [0.15, 0.2) is 54.0 Å². The Labute approximate surface area is 183 Å². The number of carbonyl (C=O) groups excluding carboxylic acids is 2. The monoisotopic (exact) mass is 430 g/mol. The van der Waals surface area contributed by atoms with Crippen LogP contribution in [0.5, 0.6) is 5.75 Å². The highest BCUT2D eigenvalue weighted by Gasteiger charge is 2.16. The quantitative estimate of drug-likeness (QED) is 0.468. The molecule has 1 heterocycles. The second-order valence-electron chi connectivity index (χ2n) is 6.89. The van der Waals surface area contributed by atoms with Crippen molar-refractivity contribution < 1.29 is 18.7 Å². The van der Waals surface area contributed by atoms with Crippen LogP contribution in [-0.2, 0) is 9.59 Å². The largest absolute Gasteiger partial charge is 0.482 e. The lowest BCUT2D eigenvalue weighted by molar-refractivity contribution is -0.129. The van der Waals surface area contributed by atoms with Crippen LogP contribution in [0.25, 0.3) is 0 Å². The molecule has 0 atom stereocenters. The number of nitrogens with zero attached hydrogens (tertiary/aromatic N) is 1. The molecular formula is C23H31FN4O3. The van der Waals surface area contributed by atoms with Crippen molar-refractivity contribution in [2.24, 2.45) is 0 Å². The highest BCUT2D eigenvalue weighted by atomic mass is 19.1. The Bertz CT molecular complexity index is 864. The van der Waals surface area contributed by atoms with E-state index in [0.29, 0.717) is 43.2 Å². The number of fused-ring (bicyclic) bond motifs is 1. The van der Waals surface area contributed by atoms with Crippen molar-refractivity contribution in [3.8, 4) is 5.75 Å². The average Bonchev–Trinajstić information content (AvgIpc) is 2.78. The van der Waals surface area contributed by atoms with Crippen molar-refractivity contribution in [1.29, 1.82) is 0 Å². The van der Waals surface area contributed by atoms with Crippen LogP contribution in [0.3, 0.4) is 0 Å². The number of halogens is 1. The predicted octanol–water partition coefficient (Wildman–Crippen LogP) is 3.59. The molecule has 1 aliphatic heterocycles. The lowest BCUT2D eigenvalue weighted by Gasteiger charge is -2.22. The first kappa shape index (κ1) is 24.0. The summed E-state index contributed by atoms with van der Waals surface area (Å²) in [6.45, 7) is 7.24. The molecular weight excluding hydrogens is 399 g/mol. The second-order valence-corrected chi connectivity index (χ2v) is 6.89. The molecule has 1 aliphatic rings. The van der Waals surface area contributed by atoms with E-state index in [1.165, 1.54) is 6.08 Å². The maximum atomic E-state index is 13.6. The van der Waals surface area contributed by atoms with Crippen molar-refractivity contribution >= 4 is 23.2 Å². The predicted molar refractivity (Wildman–Crippen MR) is 122 cm³/mol. The van der Waals surface area contributed by atoms with Crippen molar-refractivity contribution in [2.75, 3.05) is 43.4 Å². The zero-order valence-corrected chi connectivity index (χ0v) is 18.3. The second kappa shape index (κ2) is 12.4. The van der Waals surface area contributed by atoms with Gasteiger partial charge in [0.1, 0.15) is 11.6 Å². The number of rotatable bonds is 11. The lowest BCUT2D eigenvalue weighted by atomic mass is 10.2. The van der Waals surface area contributed by atoms with Gasteiger partial charge in [0, 0.05) is 37.1 Å². The molecule has 0 saturated carbocycles. The summed E-state index contributed by atoms with van der Waals surface area (Å²) in [5.74, 6) is 0.128. The molecule has 1 aromatic rings. The van der Waals surface area contributed by atoms with Crippen LogP contribution in [0.4, 0.5) is 15.8 Å². The van der Waals surface area contributed by atoms with E-state index in [2.05, 4.69) is 16.0 Å². The first-order chi connectivity index (χ1) is 15.0. The normalized spacial score (nSPS) is 14.0. The van der Waals surface area contributed by atoms with E-state index < -0.39 is 0 Å². The summed E-state index contributed by atoms with van der Waals surface area (Å²) in [6, 6.07) is 5.28. The zero-order chi connectivity index (χ0) is 22.6. The van der Waals surface area contributed by atoms with E-state index in [-0.39, 0.29) is 30.8 Å². The maximum absolute atomic E-state index is 13.6. The van der Waals surface area contributed by atoms with Gasteiger partial charge in [0.05, 0.1) is 12.2 Å². The minimum absolute atomic E-state index is 0.0200. The van der Waals surface area contributed by atoms with Gasteiger partial charge in [-0.25, -0.2) is 4.39 Å². The van der Waals surface area contributed by atoms with E-state index >= 15 is 0 Å². The fraction of sp³-hybridized carbons (Fsp3) is 0.391. The minimum atomic E-state index is -0.204. The van der Waals surface area contributed by atoms with Gasteiger partial charge >= 0.3 is 0 Å². The Balaban J connectivity index is 1.87. The molecule has 0 unspecified atom stereocenters. The summed E-state index contributed by atoms with van der Waals surface area (Å²) >= 11 is 0. The van der Waals surface area contributed by atoms with Crippen molar-refractivity contribution in [2.45, 2.75) is 27.2 Å². The number of amides is 2. The molecule has 1 aromatic carbocycles. The molecule has 0 aliphatic carbocycles. The number of carbonyl (C=O) groups is 2. The summed E-state index contributed by atoms with van der Waals surface area (Å²) in [4.78, 5) is 25.7. The number of anilines is 2. The number of likely N-dealkylation sites (N-methyl/N-ethyl adjacent to an activating group) is 1. The number of ether oxygens (including phenoxy) is 1. The number of benzene rings is 1. The molecule has 31 heavy (non-hydrogen) atoms. The highest BCUT2D eigenvalue weighted by Crippen LogP contribution is 2.30. The van der Waals surface area contributed by atoms with Gasteiger partial charge in [-0.2, -0.15) is 0 Å². The van der Waals surface area contributed by atoms with Gasteiger partial charge in [-0.05, 0) is 44.6 Å². The van der Waals surface area contributed by atoms with Gasteiger partial charge in [0.2, 0.25) is 5.91 Å². The van der Waals surface area contributed by atoms with E-state index in [1.54, 1.807) is 36.1 Å². The molecule has 8 heteroatoms. The first-order valence-corrected chi connectivity index (χ1v) is 10.5. The van der Waals surface area contributed by atoms with E-state index in [0.717, 1.165) is 5.69 Å². The molecule has 0 fully saturated rings. The lowest BCUT2D eigenvalue weighted by Crippen LogP contribution is -2.39. The third kappa shape index (κ3) is 7.81. The fourth-order valence-corrected chi connectivity index (χ4v) is 2.90. The molecule has 2 rings (SSSR count). The summed E-state index contributed by atoms with van der Waals surface area (Å²) in [7, 11) is 0. The smallest absolute Gasteiger partial charge is 0.262 e. The van der Waals surface area contributed by atoms with Crippen molar-refractivity contribution in [1.82, 2.24) is 10.2 Å². The van der Waals surface area contributed by atoms with Crippen molar-refractivity contribution in [3.05, 3.63) is 54.0 Å². The fourth-order valence-electron chi connectivity index (χ4n) is 2.90. The topological polar surface area (TPSA) is 82.7 Å². The Morgan fingerprint density at radius 1 is 1.35 bits per heavy atom. The van der Waals surface area contributed by atoms with E-state index in [4.69, 9.17) is 4.74 Å². The summed E-state index contributed by atoms with van der Waals surface area (Å²) < 4.78 is 19.0. The van der Waals surface area contributed by atoms with Crippen LogP contribution in [0, 0.1) is 0 Å². The average molecular weight is 431 g/mol. The third-order valence-corrected chi connectivity index (χ3v) is 4.62. The Morgan fingerprint density at radius 2 is 2.16 bits per heavy atom. The molecule has 7 nitrogen and oxygen atoms in total. The van der Waals surface area contributed by atoms with Crippen LogP contribution in [0.2, 0.25) is 0 Å². The Morgan fingerprint density at radius 3 is 2.87 bits per heavy atom. The van der Waals surface area contributed by atoms with E-state index in [9.17, 15) is 14.0 Å². The van der Waals surface area contributed by atoms with Gasteiger partial charge in [-0.1, -0.05) is 19.1 Å². The SMILES string of the molecule is C/C=C/C=C(\C=C(\F)CC)NCCN(CC)C(=O)CNc1ccc2c(c1)OCC(=O)N2. The molecule has 0 aromatic heterocycles.